The van der Waals surface area contributed by atoms with Crippen LogP contribution >= 0.6 is 0 Å². The van der Waals surface area contributed by atoms with Crippen LogP contribution in [0.2, 0.25) is 0 Å². The summed E-state index contributed by atoms with van der Waals surface area (Å²) in [6.07, 6.45) is 0. The van der Waals surface area contributed by atoms with Crippen molar-refractivity contribution in [2.75, 3.05) is 46.4 Å². The van der Waals surface area contributed by atoms with Crippen LogP contribution in [0.5, 0.6) is 11.5 Å². The predicted molar refractivity (Wildman–Crippen MR) is 97.3 cm³/mol. The number of carbonyl (C=O) groups excluding carboxylic acids is 1. The summed E-state index contributed by atoms with van der Waals surface area (Å²) in [6, 6.07) is 17.1. The van der Waals surface area contributed by atoms with E-state index in [1.54, 1.807) is 7.11 Å². The Bertz CT molecular complexity index is 665. The number of amides is 1. The van der Waals surface area contributed by atoms with E-state index in [1.165, 1.54) is 0 Å². The number of rotatable bonds is 6. The molecule has 2 aromatic carbocycles. The largest absolute Gasteiger partial charge is 0.497 e. The lowest BCUT2D eigenvalue weighted by Crippen LogP contribution is -2.49. The van der Waals surface area contributed by atoms with Crippen molar-refractivity contribution >= 4 is 5.91 Å². The minimum atomic E-state index is 0.0860. The molecule has 1 fully saturated rings. The van der Waals surface area contributed by atoms with Crippen molar-refractivity contribution in [1.29, 1.82) is 0 Å². The Morgan fingerprint density at radius 3 is 2.24 bits per heavy atom. The van der Waals surface area contributed by atoms with Crippen LogP contribution in [0.1, 0.15) is 10.4 Å². The van der Waals surface area contributed by atoms with Crippen LogP contribution in [0, 0.1) is 0 Å². The van der Waals surface area contributed by atoms with E-state index in [2.05, 4.69) is 4.90 Å². The highest BCUT2D eigenvalue weighted by molar-refractivity contribution is 5.94. The minimum Gasteiger partial charge on any atom is -0.497 e. The lowest BCUT2D eigenvalue weighted by atomic mass is 10.1. The summed E-state index contributed by atoms with van der Waals surface area (Å²) in [6.45, 7) is 4.78. The molecule has 132 valence electrons. The van der Waals surface area contributed by atoms with Gasteiger partial charge in [0.05, 0.1) is 7.11 Å². The molecule has 1 saturated heterocycles. The van der Waals surface area contributed by atoms with Gasteiger partial charge in [0.15, 0.2) is 0 Å². The van der Waals surface area contributed by atoms with E-state index in [0.29, 0.717) is 12.2 Å². The highest BCUT2D eigenvalue weighted by Crippen LogP contribution is 2.14. The van der Waals surface area contributed by atoms with Gasteiger partial charge in [-0.3, -0.25) is 9.69 Å². The fourth-order valence-corrected chi connectivity index (χ4v) is 2.90. The first kappa shape index (κ1) is 17.3. The average Bonchev–Trinajstić information content (AvgIpc) is 2.69. The van der Waals surface area contributed by atoms with Gasteiger partial charge in [-0.1, -0.05) is 18.2 Å². The van der Waals surface area contributed by atoms with Crippen LogP contribution < -0.4 is 9.47 Å². The highest BCUT2D eigenvalue weighted by Gasteiger charge is 2.21. The number of ether oxygens (including phenoxy) is 2. The molecule has 1 aliphatic rings. The van der Waals surface area contributed by atoms with Gasteiger partial charge in [0.25, 0.3) is 5.91 Å². The van der Waals surface area contributed by atoms with Crippen LogP contribution in [0.15, 0.2) is 54.6 Å². The second-order valence-corrected chi connectivity index (χ2v) is 6.02. The molecule has 0 radical (unpaired) electrons. The van der Waals surface area contributed by atoms with Gasteiger partial charge in [0.1, 0.15) is 18.1 Å². The molecule has 0 bridgehead atoms. The second kappa shape index (κ2) is 8.53. The SMILES string of the molecule is COc1ccc(C(=O)N2CCN(CCOc3ccccc3)CC2)cc1. The van der Waals surface area contributed by atoms with Gasteiger partial charge in [-0.05, 0) is 36.4 Å². The summed E-state index contributed by atoms with van der Waals surface area (Å²) < 4.78 is 10.9. The van der Waals surface area contributed by atoms with Gasteiger partial charge in [0.2, 0.25) is 0 Å². The number of benzene rings is 2. The Morgan fingerprint density at radius 2 is 1.60 bits per heavy atom. The first-order valence-electron chi connectivity index (χ1n) is 8.60. The number of carbonyl (C=O) groups is 1. The van der Waals surface area contributed by atoms with Gasteiger partial charge < -0.3 is 14.4 Å². The third kappa shape index (κ3) is 4.73. The van der Waals surface area contributed by atoms with Gasteiger partial charge in [-0.15, -0.1) is 0 Å². The van der Waals surface area contributed by atoms with Crippen LogP contribution in [0.25, 0.3) is 0 Å². The Hall–Kier alpha value is -2.53. The van der Waals surface area contributed by atoms with Crippen LogP contribution in [-0.4, -0.2) is 62.1 Å². The number of methoxy groups -OCH3 is 1. The predicted octanol–water partition coefficient (Wildman–Crippen LogP) is 2.53. The highest BCUT2D eigenvalue weighted by atomic mass is 16.5. The molecule has 5 nitrogen and oxygen atoms in total. The minimum absolute atomic E-state index is 0.0860. The first-order valence-corrected chi connectivity index (χ1v) is 8.60. The molecule has 0 saturated carbocycles. The summed E-state index contributed by atoms with van der Waals surface area (Å²) >= 11 is 0. The molecule has 1 amide bonds. The maximum absolute atomic E-state index is 12.5. The van der Waals surface area contributed by atoms with Crippen molar-refractivity contribution in [3.8, 4) is 11.5 Å². The maximum atomic E-state index is 12.5. The van der Waals surface area contributed by atoms with E-state index in [0.717, 1.165) is 44.2 Å². The molecule has 0 atom stereocenters. The molecule has 3 rings (SSSR count). The second-order valence-electron chi connectivity index (χ2n) is 6.02. The zero-order chi connectivity index (χ0) is 17.5. The number of hydrogen-bond acceptors (Lipinski definition) is 4. The third-order valence-corrected chi connectivity index (χ3v) is 4.42. The van der Waals surface area contributed by atoms with Crippen molar-refractivity contribution in [1.82, 2.24) is 9.80 Å². The molecule has 0 spiro atoms. The van der Waals surface area contributed by atoms with E-state index < -0.39 is 0 Å². The summed E-state index contributed by atoms with van der Waals surface area (Å²) in [4.78, 5) is 16.8. The standard InChI is InChI=1S/C20H24N2O3/c1-24-18-9-7-17(8-10-18)20(23)22-13-11-21(12-14-22)15-16-25-19-5-3-2-4-6-19/h2-10H,11-16H2,1H3. The molecule has 2 aromatic rings. The van der Waals surface area contributed by atoms with Gasteiger partial charge >= 0.3 is 0 Å². The Balaban J connectivity index is 1.42. The van der Waals surface area contributed by atoms with Gasteiger partial charge in [-0.25, -0.2) is 0 Å². The zero-order valence-corrected chi connectivity index (χ0v) is 14.6. The number of nitrogens with zero attached hydrogens (tertiary/aromatic N) is 2. The van der Waals surface area contributed by atoms with Crippen molar-refractivity contribution in [3.05, 3.63) is 60.2 Å². The molecule has 1 heterocycles. The average molecular weight is 340 g/mol. The van der Waals surface area contributed by atoms with E-state index in [-0.39, 0.29) is 5.91 Å². The Labute approximate surface area is 148 Å². The van der Waals surface area contributed by atoms with Crippen LogP contribution in [-0.2, 0) is 0 Å². The Morgan fingerprint density at radius 1 is 0.920 bits per heavy atom. The van der Waals surface area contributed by atoms with E-state index in [4.69, 9.17) is 9.47 Å². The van der Waals surface area contributed by atoms with E-state index in [1.807, 2.05) is 59.5 Å². The molecule has 0 aromatic heterocycles. The topological polar surface area (TPSA) is 42.0 Å². The summed E-state index contributed by atoms with van der Waals surface area (Å²) in [7, 11) is 1.62. The van der Waals surface area contributed by atoms with Gasteiger partial charge in [-0.2, -0.15) is 0 Å². The molecule has 1 aliphatic heterocycles. The Kier molecular flexibility index (Phi) is 5.90. The number of piperazine rings is 1. The third-order valence-electron chi connectivity index (χ3n) is 4.42. The molecule has 25 heavy (non-hydrogen) atoms. The fourth-order valence-electron chi connectivity index (χ4n) is 2.90. The monoisotopic (exact) mass is 340 g/mol. The summed E-state index contributed by atoms with van der Waals surface area (Å²) in [5, 5.41) is 0. The van der Waals surface area contributed by atoms with E-state index >= 15 is 0 Å². The molecular formula is C20H24N2O3. The summed E-state index contributed by atoms with van der Waals surface area (Å²) in [5.41, 5.74) is 0.710. The lowest BCUT2D eigenvalue weighted by molar-refractivity contribution is 0.0620. The van der Waals surface area contributed by atoms with E-state index in [9.17, 15) is 4.79 Å². The van der Waals surface area contributed by atoms with Crippen LogP contribution in [0.3, 0.4) is 0 Å². The summed E-state index contributed by atoms with van der Waals surface area (Å²) in [5.74, 6) is 1.75. The van der Waals surface area contributed by atoms with Crippen LogP contribution in [0.4, 0.5) is 0 Å². The molecule has 0 aliphatic carbocycles. The maximum Gasteiger partial charge on any atom is 0.253 e. The fraction of sp³-hybridized carbons (Fsp3) is 0.350. The molecular weight excluding hydrogens is 316 g/mol. The normalized spacial score (nSPS) is 15.0. The van der Waals surface area contributed by atoms with Gasteiger partial charge in [0, 0.05) is 38.3 Å². The zero-order valence-electron chi connectivity index (χ0n) is 14.6. The number of para-hydroxylation sites is 1. The first-order chi connectivity index (χ1) is 12.3. The van der Waals surface area contributed by atoms with Crippen molar-refractivity contribution in [3.63, 3.8) is 0 Å². The van der Waals surface area contributed by atoms with Crippen molar-refractivity contribution in [2.45, 2.75) is 0 Å². The quantitative estimate of drug-likeness (QED) is 0.810. The smallest absolute Gasteiger partial charge is 0.253 e. The molecule has 5 heteroatoms. The molecule has 0 N–H and O–H groups in total. The molecule has 0 unspecified atom stereocenters. The van der Waals surface area contributed by atoms with Crippen molar-refractivity contribution in [2.24, 2.45) is 0 Å². The lowest BCUT2D eigenvalue weighted by Gasteiger charge is -2.34. The van der Waals surface area contributed by atoms with Crippen molar-refractivity contribution < 1.29 is 14.3 Å². The number of hydrogen-bond donors (Lipinski definition) is 0.